The van der Waals surface area contributed by atoms with E-state index in [1.54, 1.807) is 11.1 Å². The van der Waals surface area contributed by atoms with Crippen molar-refractivity contribution in [2.75, 3.05) is 46.1 Å². The lowest BCUT2D eigenvalue weighted by atomic mass is 10.1. The molecule has 3 aromatic rings. The molecule has 1 aliphatic rings. The minimum Gasteiger partial charge on any atom is -0.349 e. The lowest BCUT2D eigenvalue weighted by molar-refractivity contribution is -0.130. The number of fused-ring (bicyclic) bond motifs is 1. The molecule has 0 atom stereocenters. The predicted molar refractivity (Wildman–Crippen MR) is 142 cm³/mol. The van der Waals surface area contributed by atoms with Gasteiger partial charge < -0.3 is 25.0 Å². The number of carbonyl (C=O) groups excluding carboxylic acids is 2. The molecule has 2 N–H and O–H groups in total. The largest absolute Gasteiger partial charge is 0.349 e. The minimum atomic E-state index is -0.0419. The van der Waals surface area contributed by atoms with Gasteiger partial charge in [-0.3, -0.25) is 9.59 Å². The van der Waals surface area contributed by atoms with Crippen molar-refractivity contribution in [2.24, 2.45) is 0 Å². The van der Waals surface area contributed by atoms with Gasteiger partial charge in [0, 0.05) is 62.8 Å². The van der Waals surface area contributed by atoms with Crippen LogP contribution in [0.2, 0.25) is 0 Å². The molecule has 1 aliphatic heterocycles. The van der Waals surface area contributed by atoms with Crippen molar-refractivity contribution >= 4 is 23.5 Å². The summed E-state index contributed by atoms with van der Waals surface area (Å²) in [6.07, 6.45) is 2.86. The number of amides is 2. The maximum Gasteiger partial charge on any atom is 0.268 e. The van der Waals surface area contributed by atoms with Gasteiger partial charge in [-0.05, 0) is 63.7 Å². The molecule has 2 amide bonds. The molecule has 3 heterocycles. The van der Waals surface area contributed by atoms with Crippen LogP contribution in [-0.2, 0) is 17.8 Å². The van der Waals surface area contributed by atoms with Gasteiger partial charge in [-0.1, -0.05) is 12.1 Å². The van der Waals surface area contributed by atoms with Gasteiger partial charge >= 0.3 is 0 Å². The first kappa shape index (κ1) is 25.4. The van der Waals surface area contributed by atoms with Crippen molar-refractivity contribution in [3.05, 3.63) is 59.0 Å². The molecule has 0 unspecified atom stereocenters. The van der Waals surface area contributed by atoms with Crippen LogP contribution in [0.3, 0.4) is 0 Å². The summed E-state index contributed by atoms with van der Waals surface area (Å²) in [5, 5.41) is 6.22. The van der Waals surface area contributed by atoms with Crippen LogP contribution in [-0.4, -0.2) is 76.9 Å². The fourth-order valence-corrected chi connectivity index (χ4v) is 4.62. The van der Waals surface area contributed by atoms with Gasteiger partial charge in [-0.15, -0.1) is 0 Å². The number of hydrogen-bond acceptors (Lipinski definition) is 6. The molecule has 4 rings (SSSR count). The Hall–Kier alpha value is -3.72. The smallest absolute Gasteiger partial charge is 0.268 e. The number of hydrogen-bond donors (Lipinski definition) is 2. The lowest BCUT2D eigenvalue weighted by Gasteiger charge is -2.19. The van der Waals surface area contributed by atoms with Crippen LogP contribution in [0.4, 0.5) is 11.6 Å². The van der Waals surface area contributed by atoms with E-state index in [-0.39, 0.29) is 11.8 Å². The molecule has 0 fully saturated rings. The third-order valence-corrected chi connectivity index (χ3v) is 6.63. The quantitative estimate of drug-likeness (QED) is 0.480. The molecule has 1 aromatic carbocycles. The Labute approximate surface area is 212 Å². The second kappa shape index (κ2) is 10.9. The van der Waals surface area contributed by atoms with Crippen LogP contribution < -0.4 is 10.6 Å². The van der Waals surface area contributed by atoms with Crippen molar-refractivity contribution in [3.63, 3.8) is 0 Å². The Balaban J connectivity index is 1.46. The highest BCUT2D eigenvalue weighted by Crippen LogP contribution is 2.32. The fourth-order valence-electron chi connectivity index (χ4n) is 4.62. The van der Waals surface area contributed by atoms with E-state index in [2.05, 4.69) is 25.1 Å². The Bertz CT molecular complexity index is 1270. The molecule has 0 saturated carbocycles. The first-order valence-electron chi connectivity index (χ1n) is 12.3. The zero-order chi connectivity index (χ0) is 25.8. The van der Waals surface area contributed by atoms with E-state index in [1.165, 1.54) is 0 Å². The molecule has 0 saturated heterocycles. The molecule has 36 heavy (non-hydrogen) atoms. The topological polar surface area (TPSA) is 95.4 Å². The van der Waals surface area contributed by atoms with Crippen LogP contribution in [0.15, 0.2) is 36.5 Å². The van der Waals surface area contributed by atoms with Gasteiger partial charge in [0.1, 0.15) is 5.69 Å². The van der Waals surface area contributed by atoms with Crippen LogP contribution >= 0.6 is 0 Å². The fraction of sp³-hybridized carbons (Fsp3) is 0.407. The first-order valence-corrected chi connectivity index (χ1v) is 12.3. The average molecular weight is 490 g/mol. The van der Waals surface area contributed by atoms with E-state index in [0.717, 1.165) is 53.4 Å². The summed E-state index contributed by atoms with van der Waals surface area (Å²) in [5.41, 5.74) is 6.35. The van der Waals surface area contributed by atoms with Crippen LogP contribution in [0.25, 0.3) is 11.3 Å². The maximum atomic E-state index is 12.5. The molecular formula is C27H35N7O2. The highest BCUT2D eigenvalue weighted by molar-refractivity contribution is 5.97. The average Bonchev–Trinajstić information content (AvgIpc) is 3.12. The monoisotopic (exact) mass is 489 g/mol. The summed E-state index contributed by atoms with van der Waals surface area (Å²) in [7, 11) is 5.86. The molecule has 0 radical (unpaired) electrons. The zero-order valence-electron chi connectivity index (χ0n) is 21.8. The van der Waals surface area contributed by atoms with Gasteiger partial charge in [-0.2, -0.15) is 0 Å². The number of likely N-dealkylation sites (N-methyl/N-ethyl adjacent to an activating group) is 2. The standard InChI is InChI=1S/C27H35N7O2/c1-18-24(19(2)34-14-13-28-26(36)25(18)34)22-11-12-29-27(31-22)30-21-8-6-7-20(17-21)9-10-23(35)33(5)16-15-32(3)4/h6-8,11-12,17H,9-10,13-16H2,1-5H3,(H,28,36)(H,29,30,31). The SMILES string of the molecule is Cc1c(-c2ccnc(Nc3cccc(CCC(=O)N(C)CCN(C)C)c3)n2)c(C)n2c1C(=O)NCC2. The summed E-state index contributed by atoms with van der Waals surface area (Å²) < 4.78 is 2.07. The zero-order valence-corrected chi connectivity index (χ0v) is 21.8. The molecule has 0 spiro atoms. The second-order valence-electron chi connectivity index (χ2n) is 9.55. The number of anilines is 2. The number of aryl methyl sites for hydroxylation is 1. The number of carbonyl (C=O) groups is 2. The van der Waals surface area contributed by atoms with Crippen molar-refractivity contribution < 1.29 is 9.59 Å². The molecule has 0 aliphatic carbocycles. The Morgan fingerprint density at radius 2 is 1.97 bits per heavy atom. The van der Waals surface area contributed by atoms with Gasteiger partial charge in [0.2, 0.25) is 11.9 Å². The summed E-state index contributed by atoms with van der Waals surface area (Å²) in [6.45, 7) is 6.95. The normalized spacial score (nSPS) is 12.9. The molecule has 2 aromatic heterocycles. The second-order valence-corrected chi connectivity index (χ2v) is 9.55. The summed E-state index contributed by atoms with van der Waals surface area (Å²) >= 11 is 0. The van der Waals surface area contributed by atoms with Gasteiger partial charge in [-0.25, -0.2) is 9.97 Å². The first-order chi connectivity index (χ1) is 17.2. The highest BCUT2D eigenvalue weighted by Gasteiger charge is 2.26. The van der Waals surface area contributed by atoms with Crippen molar-refractivity contribution in [1.82, 2.24) is 29.7 Å². The minimum absolute atomic E-state index is 0.0419. The third kappa shape index (κ3) is 5.57. The number of nitrogens with zero attached hydrogens (tertiary/aromatic N) is 5. The number of aromatic nitrogens is 3. The summed E-state index contributed by atoms with van der Waals surface area (Å²) in [6, 6.07) is 9.86. The third-order valence-electron chi connectivity index (χ3n) is 6.63. The van der Waals surface area contributed by atoms with Crippen molar-refractivity contribution in [1.29, 1.82) is 0 Å². The van der Waals surface area contributed by atoms with E-state index in [4.69, 9.17) is 4.98 Å². The Kier molecular flexibility index (Phi) is 7.69. The van der Waals surface area contributed by atoms with Crippen LogP contribution in [0, 0.1) is 13.8 Å². The molecular weight excluding hydrogens is 454 g/mol. The lowest BCUT2D eigenvalue weighted by Crippen LogP contribution is -2.35. The number of rotatable bonds is 9. The van der Waals surface area contributed by atoms with Gasteiger partial charge in [0.05, 0.1) is 5.69 Å². The Morgan fingerprint density at radius 1 is 1.17 bits per heavy atom. The molecule has 9 nitrogen and oxygen atoms in total. The molecule has 9 heteroatoms. The summed E-state index contributed by atoms with van der Waals surface area (Å²) in [4.78, 5) is 37.9. The predicted octanol–water partition coefficient (Wildman–Crippen LogP) is 3.00. The number of nitrogens with one attached hydrogen (secondary N) is 2. The van der Waals surface area contributed by atoms with E-state index >= 15 is 0 Å². The molecule has 190 valence electrons. The van der Waals surface area contributed by atoms with Gasteiger partial charge in [0.15, 0.2) is 0 Å². The van der Waals surface area contributed by atoms with E-state index in [1.807, 2.05) is 65.3 Å². The van der Waals surface area contributed by atoms with E-state index in [0.29, 0.717) is 31.0 Å². The Morgan fingerprint density at radius 3 is 2.72 bits per heavy atom. The molecule has 0 bridgehead atoms. The van der Waals surface area contributed by atoms with Crippen LogP contribution in [0.5, 0.6) is 0 Å². The van der Waals surface area contributed by atoms with Crippen LogP contribution in [0.1, 0.15) is 33.7 Å². The number of benzene rings is 1. The van der Waals surface area contributed by atoms with Gasteiger partial charge in [0.25, 0.3) is 5.91 Å². The highest BCUT2D eigenvalue weighted by atomic mass is 16.2. The van der Waals surface area contributed by atoms with E-state index < -0.39 is 0 Å². The maximum absolute atomic E-state index is 12.5. The van der Waals surface area contributed by atoms with E-state index in [9.17, 15) is 9.59 Å². The summed E-state index contributed by atoms with van der Waals surface area (Å²) in [5.74, 6) is 0.581. The van der Waals surface area contributed by atoms with Crippen molar-refractivity contribution in [3.8, 4) is 11.3 Å². The van der Waals surface area contributed by atoms with Crippen molar-refractivity contribution in [2.45, 2.75) is 33.2 Å².